The second kappa shape index (κ2) is 7.64. The molecule has 0 spiro atoms. The van der Waals surface area contributed by atoms with Gasteiger partial charge >= 0.3 is 0 Å². The van der Waals surface area contributed by atoms with E-state index in [0.29, 0.717) is 12.2 Å². The Morgan fingerprint density at radius 1 is 1.30 bits per heavy atom. The largest absolute Gasteiger partial charge is 0.488 e. The zero-order chi connectivity index (χ0) is 16.1. The lowest BCUT2D eigenvalue weighted by atomic mass is 9.99. The molecule has 0 aromatic heterocycles. The van der Waals surface area contributed by atoms with Crippen LogP contribution < -0.4 is 10.1 Å². The number of benzene rings is 1. The van der Waals surface area contributed by atoms with Crippen LogP contribution >= 0.6 is 0 Å². The summed E-state index contributed by atoms with van der Waals surface area (Å²) in [5.74, 6) is 1.71. The molecule has 0 saturated carbocycles. The molecule has 1 amide bonds. The maximum Gasteiger partial charge on any atom is 0.250 e. The van der Waals surface area contributed by atoms with E-state index in [-0.39, 0.29) is 5.91 Å². The van der Waals surface area contributed by atoms with Gasteiger partial charge in [0.15, 0.2) is 0 Å². The maximum absolute atomic E-state index is 12.2. The molecule has 2 aliphatic rings. The first-order chi connectivity index (χ1) is 11.2. The minimum absolute atomic E-state index is 0.00762. The van der Waals surface area contributed by atoms with Crippen molar-refractivity contribution in [1.82, 2.24) is 10.2 Å². The Balaban J connectivity index is 1.41. The predicted molar refractivity (Wildman–Crippen MR) is 92.4 cm³/mol. The van der Waals surface area contributed by atoms with E-state index in [4.69, 9.17) is 4.74 Å². The molecule has 1 aromatic carbocycles. The molecular weight excluding hydrogens is 288 g/mol. The van der Waals surface area contributed by atoms with Gasteiger partial charge in [0, 0.05) is 12.1 Å². The van der Waals surface area contributed by atoms with Crippen molar-refractivity contribution < 1.29 is 9.53 Å². The second-order valence-electron chi connectivity index (χ2n) is 6.63. The molecule has 2 heterocycles. The Morgan fingerprint density at radius 2 is 2.09 bits per heavy atom. The van der Waals surface area contributed by atoms with Crippen LogP contribution in [0.4, 0.5) is 0 Å². The van der Waals surface area contributed by atoms with E-state index in [0.717, 1.165) is 36.7 Å². The van der Waals surface area contributed by atoms with Crippen LogP contribution in [0.5, 0.6) is 5.75 Å². The standard InChI is InChI=1S/C19H26N2O2/c1-15-7-11-21(12-8-15)10-4-9-20-19(22)17-13-16-5-2-3-6-18(16)23-14-17/h2-3,5-6,13,15H,4,7-12,14H2,1H3,(H,20,22). The number of fused-ring (bicyclic) bond motifs is 1. The molecule has 1 aromatic rings. The molecule has 0 radical (unpaired) electrons. The predicted octanol–water partition coefficient (Wildman–Crippen LogP) is 2.70. The molecule has 0 bridgehead atoms. The maximum atomic E-state index is 12.2. The van der Waals surface area contributed by atoms with Crippen LogP contribution in [0.25, 0.3) is 6.08 Å². The number of piperidine rings is 1. The van der Waals surface area contributed by atoms with E-state index < -0.39 is 0 Å². The average Bonchev–Trinajstić information content (AvgIpc) is 2.59. The quantitative estimate of drug-likeness (QED) is 0.850. The Hall–Kier alpha value is -1.81. The number of hydrogen-bond donors (Lipinski definition) is 1. The fraction of sp³-hybridized carbons (Fsp3) is 0.526. The number of amides is 1. The van der Waals surface area contributed by atoms with Crippen LogP contribution in [0.2, 0.25) is 0 Å². The van der Waals surface area contributed by atoms with Crippen molar-refractivity contribution in [2.45, 2.75) is 26.2 Å². The van der Waals surface area contributed by atoms with Crippen molar-refractivity contribution in [1.29, 1.82) is 0 Å². The lowest BCUT2D eigenvalue weighted by Crippen LogP contribution is -2.36. The van der Waals surface area contributed by atoms with Gasteiger partial charge in [-0.15, -0.1) is 0 Å². The van der Waals surface area contributed by atoms with Crippen LogP contribution in [0.3, 0.4) is 0 Å². The second-order valence-corrected chi connectivity index (χ2v) is 6.63. The van der Waals surface area contributed by atoms with Gasteiger partial charge in [-0.3, -0.25) is 4.79 Å². The lowest BCUT2D eigenvalue weighted by molar-refractivity contribution is -0.117. The smallest absolute Gasteiger partial charge is 0.250 e. The molecule has 23 heavy (non-hydrogen) atoms. The van der Waals surface area contributed by atoms with E-state index in [2.05, 4.69) is 17.1 Å². The Morgan fingerprint density at radius 3 is 2.91 bits per heavy atom. The molecule has 1 fully saturated rings. The summed E-state index contributed by atoms with van der Waals surface area (Å²) in [6, 6.07) is 7.80. The monoisotopic (exact) mass is 314 g/mol. The number of nitrogens with one attached hydrogen (secondary N) is 1. The first-order valence-corrected chi connectivity index (χ1v) is 8.65. The molecule has 3 rings (SSSR count). The van der Waals surface area contributed by atoms with E-state index in [1.54, 1.807) is 0 Å². The molecule has 124 valence electrons. The normalized spacial score (nSPS) is 18.7. The van der Waals surface area contributed by atoms with Crippen molar-refractivity contribution in [2.24, 2.45) is 5.92 Å². The summed E-state index contributed by atoms with van der Waals surface area (Å²) in [6.07, 6.45) is 5.54. The summed E-state index contributed by atoms with van der Waals surface area (Å²) in [5.41, 5.74) is 1.68. The molecule has 2 aliphatic heterocycles. The van der Waals surface area contributed by atoms with Gasteiger partial charge < -0.3 is 15.0 Å². The van der Waals surface area contributed by atoms with Crippen LogP contribution in [-0.4, -0.2) is 43.6 Å². The SMILES string of the molecule is CC1CCN(CCCNC(=O)C2=Cc3ccccc3OC2)CC1. The highest BCUT2D eigenvalue weighted by Crippen LogP contribution is 2.25. The lowest BCUT2D eigenvalue weighted by Gasteiger charge is -2.30. The zero-order valence-electron chi connectivity index (χ0n) is 13.9. The molecule has 1 saturated heterocycles. The fourth-order valence-electron chi connectivity index (χ4n) is 3.15. The van der Waals surface area contributed by atoms with E-state index in [1.807, 2.05) is 30.3 Å². The summed E-state index contributed by atoms with van der Waals surface area (Å²) in [7, 11) is 0. The van der Waals surface area contributed by atoms with E-state index in [9.17, 15) is 4.79 Å². The minimum Gasteiger partial charge on any atom is -0.488 e. The number of carbonyl (C=O) groups is 1. The third-order valence-corrected chi connectivity index (χ3v) is 4.74. The van der Waals surface area contributed by atoms with E-state index in [1.165, 1.54) is 25.9 Å². The summed E-state index contributed by atoms with van der Waals surface area (Å²) >= 11 is 0. The number of para-hydroxylation sites is 1. The number of nitrogens with zero attached hydrogens (tertiary/aromatic N) is 1. The van der Waals surface area contributed by atoms with Crippen LogP contribution in [0.15, 0.2) is 29.8 Å². The van der Waals surface area contributed by atoms with Crippen LogP contribution in [-0.2, 0) is 4.79 Å². The number of carbonyl (C=O) groups excluding carboxylic acids is 1. The van der Waals surface area contributed by atoms with Crippen molar-refractivity contribution in [2.75, 3.05) is 32.8 Å². The zero-order valence-corrected chi connectivity index (χ0v) is 13.9. The first kappa shape index (κ1) is 16.1. The van der Waals surface area contributed by atoms with Gasteiger partial charge in [0.1, 0.15) is 12.4 Å². The molecule has 0 aliphatic carbocycles. The number of likely N-dealkylation sites (tertiary alicyclic amines) is 1. The molecule has 0 unspecified atom stereocenters. The fourth-order valence-corrected chi connectivity index (χ4v) is 3.15. The topological polar surface area (TPSA) is 41.6 Å². The summed E-state index contributed by atoms with van der Waals surface area (Å²) in [6.45, 7) is 6.88. The van der Waals surface area contributed by atoms with Crippen molar-refractivity contribution in [3.63, 3.8) is 0 Å². The van der Waals surface area contributed by atoms with Crippen LogP contribution in [0, 0.1) is 5.92 Å². The third-order valence-electron chi connectivity index (χ3n) is 4.74. The number of ether oxygens (including phenoxy) is 1. The van der Waals surface area contributed by atoms with Gasteiger partial charge in [-0.2, -0.15) is 0 Å². The first-order valence-electron chi connectivity index (χ1n) is 8.65. The highest BCUT2D eigenvalue weighted by molar-refractivity contribution is 5.99. The van der Waals surface area contributed by atoms with Crippen molar-refractivity contribution >= 4 is 12.0 Å². The Kier molecular flexibility index (Phi) is 5.34. The van der Waals surface area contributed by atoms with Crippen molar-refractivity contribution in [3.05, 3.63) is 35.4 Å². The summed E-state index contributed by atoms with van der Waals surface area (Å²) in [5, 5.41) is 3.02. The van der Waals surface area contributed by atoms with Gasteiger partial charge in [0.2, 0.25) is 0 Å². The number of hydrogen-bond acceptors (Lipinski definition) is 3. The highest BCUT2D eigenvalue weighted by atomic mass is 16.5. The Bertz CT molecular complexity index is 574. The van der Waals surface area contributed by atoms with Crippen molar-refractivity contribution in [3.8, 4) is 5.75 Å². The summed E-state index contributed by atoms with van der Waals surface area (Å²) < 4.78 is 5.63. The molecule has 4 heteroatoms. The Labute approximate surface area is 138 Å². The number of rotatable bonds is 5. The molecule has 0 atom stereocenters. The van der Waals surface area contributed by atoms with Gasteiger partial charge in [-0.05, 0) is 57.0 Å². The molecule has 4 nitrogen and oxygen atoms in total. The van der Waals surface area contributed by atoms with Gasteiger partial charge in [0.25, 0.3) is 5.91 Å². The molecule has 1 N–H and O–H groups in total. The third kappa shape index (κ3) is 4.35. The van der Waals surface area contributed by atoms with Crippen LogP contribution in [0.1, 0.15) is 31.7 Å². The van der Waals surface area contributed by atoms with Gasteiger partial charge in [0.05, 0.1) is 5.57 Å². The summed E-state index contributed by atoms with van der Waals surface area (Å²) in [4.78, 5) is 14.7. The average molecular weight is 314 g/mol. The minimum atomic E-state index is -0.00762. The molecular formula is C19H26N2O2. The van der Waals surface area contributed by atoms with Gasteiger partial charge in [-0.25, -0.2) is 0 Å². The highest BCUT2D eigenvalue weighted by Gasteiger charge is 2.17. The van der Waals surface area contributed by atoms with E-state index >= 15 is 0 Å². The van der Waals surface area contributed by atoms with Gasteiger partial charge in [-0.1, -0.05) is 25.1 Å².